The van der Waals surface area contributed by atoms with Gasteiger partial charge in [-0.2, -0.15) is 0 Å². The first-order chi connectivity index (χ1) is 18.7. The number of hydrogen-bond donors (Lipinski definition) is 0. The quantitative estimate of drug-likeness (QED) is 0.222. The molecule has 4 rings (SSSR count). The lowest BCUT2D eigenvalue weighted by Crippen LogP contribution is -2.39. The second-order valence-electron chi connectivity index (χ2n) is 8.98. The molecule has 0 saturated heterocycles. The predicted molar refractivity (Wildman–Crippen MR) is 155 cm³/mol. The Bertz CT molecular complexity index is 1230. The van der Waals surface area contributed by atoms with Crippen molar-refractivity contribution in [2.45, 2.75) is 13.1 Å². The number of hydrogen-bond acceptors (Lipinski definition) is 2. The van der Waals surface area contributed by atoms with Crippen LogP contribution in [0.25, 0.3) is 12.2 Å². The summed E-state index contributed by atoms with van der Waals surface area (Å²) in [5.41, 5.74) is 4.01. The van der Waals surface area contributed by atoms with Crippen LogP contribution >= 0.6 is 0 Å². The molecule has 0 saturated carbocycles. The number of nitrogens with zero attached hydrogens (tertiary/aromatic N) is 2. The third-order valence-electron chi connectivity index (χ3n) is 6.13. The van der Waals surface area contributed by atoms with Crippen molar-refractivity contribution in [2.75, 3.05) is 13.1 Å². The number of amides is 2. The number of rotatable bonds is 11. The minimum absolute atomic E-state index is 0.0929. The monoisotopic (exact) mass is 500 g/mol. The maximum absolute atomic E-state index is 13.3. The SMILES string of the molecule is O=C(C=Cc1ccccc1)N(CCN(Cc1ccccc1)C(=O)C=Cc1ccccc1)Cc1ccccc1. The lowest BCUT2D eigenvalue weighted by molar-refractivity contribution is -0.130. The fraction of sp³-hybridized carbons (Fsp3) is 0.118. The highest BCUT2D eigenvalue weighted by Gasteiger charge is 2.17. The summed E-state index contributed by atoms with van der Waals surface area (Å²) in [6, 6.07) is 39.4. The molecule has 4 aromatic rings. The highest BCUT2D eigenvalue weighted by molar-refractivity contribution is 5.93. The normalized spacial score (nSPS) is 11.1. The van der Waals surface area contributed by atoms with Gasteiger partial charge >= 0.3 is 0 Å². The standard InChI is InChI=1S/C34H32N2O2/c37-33(23-21-29-13-5-1-6-14-29)35(27-31-17-9-3-10-18-31)25-26-36(28-32-19-11-4-12-20-32)34(38)24-22-30-15-7-2-8-16-30/h1-24H,25-28H2. The molecule has 0 radical (unpaired) electrons. The van der Waals surface area contributed by atoms with Gasteiger partial charge in [0.1, 0.15) is 0 Å². The smallest absolute Gasteiger partial charge is 0.246 e. The zero-order valence-corrected chi connectivity index (χ0v) is 21.4. The van der Waals surface area contributed by atoms with E-state index in [1.165, 1.54) is 0 Å². The van der Waals surface area contributed by atoms with E-state index in [0.29, 0.717) is 26.2 Å². The summed E-state index contributed by atoms with van der Waals surface area (Å²) in [5.74, 6) is -0.186. The molecule has 190 valence electrons. The minimum Gasteiger partial charge on any atom is -0.333 e. The van der Waals surface area contributed by atoms with Gasteiger partial charge in [-0.3, -0.25) is 9.59 Å². The summed E-state index contributed by atoms with van der Waals surface area (Å²) in [5, 5.41) is 0. The van der Waals surface area contributed by atoms with Gasteiger partial charge in [-0.15, -0.1) is 0 Å². The molecule has 0 aliphatic rings. The Morgan fingerprint density at radius 3 is 1.13 bits per heavy atom. The Hall–Kier alpha value is -4.70. The summed E-state index contributed by atoms with van der Waals surface area (Å²) in [7, 11) is 0. The summed E-state index contributed by atoms with van der Waals surface area (Å²) in [4.78, 5) is 30.2. The van der Waals surface area contributed by atoms with Gasteiger partial charge in [0.05, 0.1) is 0 Å². The number of benzene rings is 4. The Balaban J connectivity index is 1.51. The second-order valence-corrected chi connectivity index (χ2v) is 8.98. The van der Waals surface area contributed by atoms with Crippen molar-refractivity contribution in [3.05, 3.63) is 156 Å². The molecule has 0 aliphatic carbocycles. The molecule has 0 aliphatic heterocycles. The van der Waals surface area contributed by atoms with Crippen LogP contribution in [0.2, 0.25) is 0 Å². The van der Waals surface area contributed by atoms with E-state index in [1.807, 2.05) is 133 Å². The summed E-state index contributed by atoms with van der Waals surface area (Å²) in [6.07, 6.45) is 6.87. The van der Waals surface area contributed by atoms with Gasteiger partial charge in [0.15, 0.2) is 0 Å². The maximum atomic E-state index is 13.3. The van der Waals surface area contributed by atoms with Gasteiger partial charge in [-0.1, -0.05) is 121 Å². The van der Waals surface area contributed by atoms with E-state index in [0.717, 1.165) is 22.3 Å². The van der Waals surface area contributed by atoms with Crippen molar-refractivity contribution in [3.8, 4) is 0 Å². The van der Waals surface area contributed by atoms with Crippen LogP contribution in [0.1, 0.15) is 22.3 Å². The van der Waals surface area contributed by atoms with E-state index in [2.05, 4.69) is 0 Å². The molecule has 0 heterocycles. The number of carbonyl (C=O) groups excluding carboxylic acids is 2. The average molecular weight is 501 g/mol. The highest BCUT2D eigenvalue weighted by atomic mass is 16.2. The van der Waals surface area contributed by atoms with Gasteiger partial charge in [-0.05, 0) is 34.4 Å². The molecule has 0 bridgehead atoms. The van der Waals surface area contributed by atoms with Crippen LogP contribution in [0.15, 0.2) is 133 Å². The van der Waals surface area contributed by atoms with E-state index in [9.17, 15) is 9.59 Å². The summed E-state index contributed by atoms with van der Waals surface area (Å²) in [6.45, 7) is 1.74. The van der Waals surface area contributed by atoms with Gasteiger partial charge in [0, 0.05) is 38.3 Å². The van der Waals surface area contributed by atoms with Gasteiger partial charge in [0.2, 0.25) is 11.8 Å². The second kappa shape index (κ2) is 14.1. The summed E-state index contributed by atoms with van der Waals surface area (Å²) >= 11 is 0. The Morgan fingerprint density at radius 1 is 0.474 bits per heavy atom. The molecular formula is C34H32N2O2. The maximum Gasteiger partial charge on any atom is 0.246 e. The van der Waals surface area contributed by atoms with Crippen molar-refractivity contribution in [1.29, 1.82) is 0 Å². The zero-order chi connectivity index (χ0) is 26.4. The molecular weight excluding hydrogens is 468 g/mol. The third kappa shape index (κ3) is 8.45. The first-order valence-corrected chi connectivity index (χ1v) is 12.8. The van der Waals surface area contributed by atoms with Crippen LogP contribution in [0, 0.1) is 0 Å². The molecule has 0 unspecified atom stereocenters. The van der Waals surface area contributed by atoms with Gasteiger partial charge in [-0.25, -0.2) is 0 Å². The fourth-order valence-electron chi connectivity index (χ4n) is 4.06. The lowest BCUT2D eigenvalue weighted by Gasteiger charge is -2.27. The van der Waals surface area contributed by atoms with Crippen LogP contribution in [-0.4, -0.2) is 34.7 Å². The van der Waals surface area contributed by atoms with E-state index in [-0.39, 0.29) is 11.8 Å². The molecule has 4 heteroatoms. The van der Waals surface area contributed by atoms with E-state index in [1.54, 1.807) is 22.0 Å². The molecule has 0 atom stereocenters. The van der Waals surface area contributed by atoms with Gasteiger partial charge < -0.3 is 9.80 Å². The fourth-order valence-corrected chi connectivity index (χ4v) is 4.06. The van der Waals surface area contributed by atoms with Crippen molar-refractivity contribution < 1.29 is 9.59 Å². The summed E-state index contributed by atoms with van der Waals surface area (Å²) < 4.78 is 0. The van der Waals surface area contributed by atoms with Crippen molar-refractivity contribution >= 4 is 24.0 Å². The van der Waals surface area contributed by atoms with Crippen LogP contribution in [-0.2, 0) is 22.7 Å². The molecule has 2 amide bonds. The van der Waals surface area contributed by atoms with Crippen LogP contribution < -0.4 is 0 Å². The van der Waals surface area contributed by atoms with Crippen molar-refractivity contribution in [1.82, 2.24) is 9.80 Å². The lowest BCUT2D eigenvalue weighted by atomic mass is 10.1. The van der Waals surface area contributed by atoms with E-state index >= 15 is 0 Å². The van der Waals surface area contributed by atoms with E-state index < -0.39 is 0 Å². The largest absolute Gasteiger partial charge is 0.333 e. The van der Waals surface area contributed by atoms with Crippen molar-refractivity contribution in [2.24, 2.45) is 0 Å². The van der Waals surface area contributed by atoms with Crippen LogP contribution in [0.4, 0.5) is 0 Å². The number of carbonyl (C=O) groups is 2. The van der Waals surface area contributed by atoms with E-state index in [4.69, 9.17) is 0 Å². The molecule has 4 aromatic carbocycles. The van der Waals surface area contributed by atoms with Gasteiger partial charge in [0.25, 0.3) is 0 Å². The Morgan fingerprint density at radius 2 is 0.789 bits per heavy atom. The molecule has 0 N–H and O–H groups in total. The molecule has 38 heavy (non-hydrogen) atoms. The molecule has 0 spiro atoms. The van der Waals surface area contributed by atoms with Crippen LogP contribution in [0.5, 0.6) is 0 Å². The third-order valence-corrected chi connectivity index (χ3v) is 6.13. The molecule has 0 aromatic heterocycles. The highest BCUT2D eigenvalue weighted by Crippen LogP contribution is 2.11. The predicted octanol–water partition coefficient (Wildman–Crippen LogP) is 6.47. The Labute approximate surface area is 225 Å². The Kier molecular flexibility index (Phi) is 9.81. The van der Waals surface area contributed by atoms with Crippen molar-refractivity contribution in [3.63, 3.8) is 0 Å². The molecule has 0 fully saturated rings. The van der Waals surface area contributed by atoms with Crippen LogP contribution in [0.3, 0.4) is 0 Å². The zero-order valence-electron chi connectivity index (χ0n) is 21.4. The average Bonchev–Trinajstić information content (AvgIpc) is 2.98. The minimum atomic E-state index is -0.0929. The molecule has 4 nitrogen and oxygen atoms in total. The first-order valence-electron chi connectivity index (χ1n) is 12.8. The first kappa shape index (κ1) is 26.4. The topological polar surface area (TPSA) is 40.6 Å².